The number of carbonyl (C=O) groups is 2. The number of carbonyl (C=O) groups excluding carboxylic acids is 2. The third-order valence-corrected chi connectivity index (χ3v) is 8.92. The van der Waals surface area contributed by atoms with E-state index in [-0.39, 0.29) is 37.3 Å². The number of halogens is 1. The molecule has 2 aliphatic heterocycles. The number of hydrogen-bond donors (Lipinski definition) is 2. The van der Waals surface area contributed by atoms with Gasteiger partial charge in [-0.2, -0.15) is 5.26 Å². The van der Waals surface area contributed by atoms with E-state index in [1.54, 1.807) is 11.9 Å². The predicted octanol–water partition coefficient (Wildman–Crippen LogP) is 4.24. The first-order valence-corrected chi connectivity index (χ1v) is 13.3. The van der Waals surface area contributed by atoms with Crippen molar-refractivity contribution >= 4 is 33.6 Å². The maximum absolute atomic E-state index is 13.3. The molecule has 2 aromatic carbocycles. The zero-order valence-corrected chi connectivity index (χ0v) is 22.7. The average molecular weight is 567 g/mol. The predicted molar refractivity (Wildman–Crippen MR) is 141 cm³/mol. The highest BCUT2D eigenvalue weighted by atomic mass is 79.9. The van der Waals surface area contributed by atoms with Crippen LogP contribution in [0.1, 0.15) is 37.8 Å². The lowest BCUT2D eigenvalue weighted by molar-refractivity contribution is -0.121. The van der Waals surface area contributed by atoms with Crippen molar-refractivity contribution in [2.45, 2.75) is 56.5 Å². The van der Waals surface area contributed by atoms with Gasteiger partial charge in [0.05, 0.1) is 17.0 Å². The van der Waals surface area contributed by atoms with Gasteiger partial charge >= 0.3 is 6.09 Å². The van der Waals surface area contributed by atoms with E-state index >= 15 is 0 Å². The third-order valence-electron chi connectivity index (χ3n) is 8.42. The van der Waals surface area contributed by atoms with Crippen LogP contribution in [0.5, 0.6) is 0 Å². The third kappa shape index (κ3) is 4.12. The first-order chi connectivity index (χ1) is 17.6. The van der Waals surface area contributed by atoms with Crippen LogP contribution in [0.3, 0.4) is 0 Å². The zero-order chi connectivity index (χ0) is 26.5. The summed E-state index contributed by atoms with van der Waals surface area (Å²) in [6.07, 6.45) is -0.817. The Balaban J connectivity index is 1.42. The summed E-state index contributed by atoms with van der Waals surface area (Å²) in [5.74, 6) is 0.0468. The summed E-state index contributed by atoms with van der Waals surface area (Å²) in [6.45, 7) is 4.44. The van der Waals surface area contributed by atoms with E-state index in [9.17, 15) is 20.0 Å². The summed E-state index contributed by atoms with van der Waals surface area (Å²) >= 11 is 3.50. The summed E-state index contributed by atoms with van der Waals surface area (Å²) in [6, 6.07) is 16.7. The number of aliphatic hydroxyl groups excluding tert-OH is 1. The van der Waals surface area contributed by atoms with Gasteiger partial charge in [-0.25, -0.2) is 4.79 Å². The van der Waals surface area contributed by atoms with Crippen LogP contribution < -0.4 is 5.32 Å². The molecule has 0 radical (unpaired) electrons. The van der Waals surface area contributed by atoms with Gasteiger partial charge < -0.3 is 20.1 Å². The van der Waals surface area contributed by atoms with Gasteiger partial charge in [0, 0.05) is 23.8 Å². The molecule has 194 valence electrons. The standard InChI is InChI=1S/C28H31BrN4O4/c1-17(2)22-13-28(22,32(3)26(36)37-15-18-7-5-4-6-8-18)25(35)33-16-27(12-20(33)14-30)21-11-19(29)9-10-23(21)31-24(27)34/h4-11,17,20,22,25,35H,12-13,15-16H2,1-3H3,(H,31,34)/t20-,22+,25?,27-,28?/m0/s1. The molecule has 2 unspecified atom stereocenters. The number of amides is 2. The number of fused-ring (bicyclic) bond motifs is 2. The van der Waals surface area contributed by atoms with Gasteiger partial charge in [0.2, 0.25) is 5.91 Å². The molecule has 1 saturated carbocycles. The van der Waals surface area contributed by atoms with Crippen molar-refractivity contribution < 1.29 is 19.4 Å². The zero-order valence-electron chi connectivity index (χ0n) is 21.1. The van der Waals surface area contributed by atoms with Crippen LogP contribution in [0.15, 0.2) is 53.0 Å². The van der Waals surface area contributed by atoms with E-state index in [1.165, 1.54) is 4.90 Å². The molecule has 3 aliphatic rings. The smallest absolute Gasteiger partial charge is 0.410 e. The van der Waals surface area contributed by atoms with Crippen molar-refractivity contribution in [1.82, 2.24) is 9.80 Å². The van der Waals surface area contributed by atoms with Crippen molar-refractivity contribution in [3.05, 3.63) is 64.1 Å². The van der Waals surface area contributed by atoms with E-state index in [0.717, 1.165) is 21.3 Å². The molecule has 9 heteroatoms. The van der Waals surface area contributed by atoms with Gasteiger partial charge in [-0.1, -0.05) is 60.1 Å². The van der Waals surface area contributed by atoms with Crippen molar-refractivity contribution in [3.8, 4) is 6.07 Å². The second-order valence-corrected chi connectivity index (χ2v) is 11.7. The van der Waals surface area contributed by atoms with Crippen LogP contribution in [0.25, 0.3) is 0 Å². The van der Waals surface area contributed by atoms with Crippen molar-refractivity contribution in [1.29, 1.82) is 5.26 Å². The molecule has 0 bridgehead atoms. The molecule has 8 nitrogen and oxygen atoms in total. The number of likely N-dealkylation sites (N-methyl/N-ethyl adjacent to an activating group) is 1. The minimum atomic E-state index is -1.14. The first kappa shape index (κ1) is 25.7. The van der Waals surface area contributed by atoms with E-state index in [0.29, 0.717) is 6.42 Å². The Morgan fingerprint density at radius 1 is 1.30 bits per heavy atom. The topological polar surface area (TPSA) is 106 Å². The van der Waals surface area contributed by atoms with Gasteiger partial charge in [0.1, 0.15) is 18.9 Å². The molecule has 2 fully saturated rings. The number of hydrogen-bond acceptors (Lipinski definition) is 6. The summed E-state index contributed by atoms with van der Waals surface area (Å²) in [5, 5.41) is 24.9. The second kappa shape index (κ2) is 9.43. The fraction of sp³-hybridized carbons (Fsp3) is 0.464. The largest absolute Gasteiger partial charge is 0.445 e. The lowest BCUT2D eigenvalue weighted by atomic mass is 9.80. The number of ether oxygens (including phenoxy) is 1. The minimum absolute atomic E-state index is 0.0199. The van der Waals surface area contributed by atoms with Crippen molar-refractivity contribution in [2.24, 2.45) is 11.8 Å². The summed E-state index contributed by atoms with van der Waals surface area (Å²) < 4.78 is 6.45. The number of aliphatic hydroxyl groups is 1. The van der Waals surface area contributed by atoms with Gasteiger partial charge in [-0.05, 0) is 54.0 Å². The Kier molecular flexibility index (Phi) is 6.55. The number of benzene rings is 2. The minimum Gasteiger partial charge on any atom is -0.445 e. The van der Waals surface area contributed by atoms with Crippen molar-refractivity contribution in [2.75, 3.05) is 18.9 Å². The molecule has 1 saturated heterocycles. The molecule has 1 spiro atoms. The molecule has 2 heterocycles. The molecule has 1 aliphatic carbocycles. The molecule has 37 heavy (non-hydrogen) atoms. The Hall–Kier alpha value is -2.93. The SMILES string of the molecule is CC(C)[C@H]1CC1(C(O)N1C[C@]2(C[C@H]1C#N)C(=O)Nc1ccc(Br)cc12)N(C)C(=O)OCc1ccccc1. The Labute approximate surface area is 225 Å². The quantitative estimate of drug-likeness (QED) is 0.541. The number of likely N-dealkylation sites (tertiary alicyclic amines) is 1. The van der Waals surface area contributed by atoms with Gasteiger partial charge in [-0.3, -0.25) is 9.69 Å². The molecular weight excluding hydrogens is 536 g/mol. The van der Waals surface area contributed by atoms with E-state index in [4.69, 9.17) is 4.74 Å². The van der Waals surface area contributed by atoms with Gasteiger partial charge in [0.15, 0.2) is 0 Å². The maximum Gasteiger partial charge on any atom is 0.410 e. The molecule has 5 atom stereocenters. The number of rotatable bonds is 6. The number of nitrogens with one attached hydrogen (secondary N) is 1. The fourth-order valence-corrected chi connectivity index (χ4v) is 6.65. The molecule has 2 aromatic rings. The fourth-order valence-electron chi connectivity index (χ4n) is 6.29. The lowest BCUT2D eigenvalue weighted by Gasteiger charge is -2.39. The van der Waals surface area contributed by atoms with Crippen LogP contribution in [0.2, 0.25) is 0 Å². The Morgan fingerprint density at radius 2 is 2.03 bits per heavy atom. The van der Waals surface area contributed by atoms with Crippen LogP contribution >= 0.6 is 15.9 Å². The Bertz CT molecular complexity index is 1260. The maximum atomic E-state index is 13.3. The second-order valence-electron chi connectivity index (χ2n) is 10.8. The number of nitrogens with zero attached hydrogens (tertiary/aromatic N) is 3. The van der Waals surface area contributed by atoms with Crippen LogP contribution in [0, 0.1) is 23.2 Å². The average Bonchev–Trinajstić information content (AvgIpc) is 3.46. The molecule has 5 rings (SSSR count). The van der Waals surface area contributed by atoms with Crippen LogP contribution in [-0.4, -0.2) is 58.3 Å². The molecule has 2 N–H and O–H groups in total. The summed E-state index contributed by atoms with van der Waals surface area (Å²) in [5.41, 5.74) is 0.554. The first-order valence-electron chi connectivity index (χ1n) is 12.5. The van der Waals surface area contributed by atoms with Gasteiger partial charge in [0.25, 0.3) is 0 Å². The molecular formula is C28H31BrN4O4. The van der Waals surface area contributed by atoms with E-state index in [2.05, 4.69) is 41.2 Å². The van der Waals surface area contributed by atoms with Crippen LogP contribution in [0.4, 0.5) is 10.5 Å². The Morgan fingerprint density at radius 3 is 2.68 bits per heavy atom. The normalized spacial score (nSPS) is 29.1. The molecule has 2 amide bonds. The van der Waals surface area contributed by atoms with Crippen LogP contribution in [-0.2, 0) is 21.6 Å². The lowest BCUT2D eigenvalue weighted by Crippen LogP contribution is -2.57. The highest BCUT2D eigenvalue weighted by Gasteiger charge is 2.68. The van der Waals surface area contributed by atoms with Gasteiger partial charge in [-0.15, -0.1) is 0 Å². The number of nitriles is 1. The van der Waals surface area contributed by atoms with Crippen molar-refractivity contribution in [3.63, 3.8) is 0 Å². The summed E-state index contributed by atoms with van der Waals surface area (Å²) in [4.78, 5) is 29.7. The van der Waals surface area contributed by atoms with E-state index < -0.39 is 29.3 Å². The summed E-state index contributed by atoms with van der Waals surface area (Å²) in [7, 11) is 1.65. The van der Waals surface area contributed by atoms with E-state index in [1.807, 2.05) is 48.5 Å². The monoisotopic (exact) mass is 566 g/mol. The highest BCUT2D eigenvalue weighted by molar-refractivity contribution is 9.10. The number of anilines is 1. The molecule has 0 aromatic heterocycles. The highest BCUT2D eigenvalue weighted by Crippen LogP contribution is 2.57.